The smallest absolute Gasteiger partial charge is 0.313 e. The minimum absolute atomic E-state index is 0.0215. The van der Waals surface area contributed by atoms with Crippen molar-refractivity contribution >= 4 is 11.8 Å². The highest BCUT2D eigenvalue weighted by atomic mass is 16.6. The minimum Gasteiger partial charge on any atom is -0.469 e. The molecule has 0 aromatic heterocycles. The van der Waals surface area contributed by atoms with Gasteiger partial charge in [-0.2, -0.15) is 0 Å². The van der Waals surface area contributed by atoms with Crippen LogP contribution in [0.3, 0.4) is 0 Å². The maximum Gasteiger partial charge on any atom is 0.313 e. The Morgan fingerprint density at radius 1 is 1.39 bits per heavy atom. The summed E-state index contributed by atoms with van der Waals surface area (Å²) in [5.74, 6) is -0.581. The third-order valence-electron chi connectivity index (χ3n) is 4.00. The number of carbonyl (C=O) groups excluding carboxylic acids is 1. The van der Waals surface area contributed by atoms with Gasteiger partial charge in [0.15, 0.2) is 12.1 Å². The second-order valence-electron chi connectivity index (χ2n) is 5.88. The zero-order valence-electron chi connectivity index (χ0n) is 12.9. The van der Waals surface area contributed by atoms with Crippen LogP contribution in [-0.4, -0.2) is 75.2 Å². The summed E-state index contributed by atoms with van der Waals surface area (Å²) in [4.78, 5) is 16.7. The number of aliphatic hydroxyl groups is 3. The van der Waals surface area contributed by atoms with Gasteiger partial charge in [0.05, 0.1) is 12.5 Å². The van der Waals surface area contributed by atoms with Crippen molar-refractivity contribution in [3.63, 3.8) is 0 Å². The molecule has 2 rings (SSSR count). The summed E-state index contributed by atoms with van der Waals surface area (Å²) in [5, 5.41) is 39.1. The molecule has 1 unspecified atom stereocenters. The molecule has 23 heavy (non-hydrogen) atoms. The second-order valence-corrected chi connectivity index (χ2v) is 5.88. The molecule has 5 N–H and O–H groups in total. The van der Waals surface area contributed by atoms with Gasteiger partial charge in [-0.05, 0) is 19.9 Å². The number of carbonyl (C=O) groups is 1. The normalized spacial score (nSPS) is 34.3. The van der Waals surface area contributed by atoms with Crippen molar-refractivity contribution in [1.29, 1.82) is 0 Å². The van der Waals surface area contributed by atoms with Crippen LogP contribution >= 0.6 is 0 Å². The number of ether oxygens (including phenoxy) is 2. The Hall–Kier alpha value is -1.72. The van der Waals surface area contributed by atoms with E-state index in [0.29, 0.717) is 0 Å². The number of hydroxylamine groups is 1. The van der Waals surface area contributed by atoms with Crippen LogP contribution in [0.1, 0.15) is 13.8 Å². The number of hydrogen-bond donors (Lipinski definition) is 5. The minimum atomic E-state index is -1.44. The summed E-state index contributed by atoms with van der Waals surface area (Å²) >= 11 is 0. The largest absolute Gasteiger partial charge is 0.469 e. The Labute approximate surface area is 132 Å². The molecule has 5 atom stereocenters. The molecule has 2 aliphatic heterocycles. The number of hydrogen-bond acceptors (Lipinski definition) is 10. The average Bonchev–Trinajstić information content (AvgIpc) is 2.82. The number of aliphatic hydroxyl groups excluding tert-OH is 3. The van der Waals surface area contributed by atoms with Gasteiger partial charge in [-0.15, -0.1) is 0 Å². The van der Waals surface area contributed by atoms with Crippen molar-refractivity contribution in [3.05, 3.63) is 12.3 Å². The molecule has 0 aromatic rings. The van der Waals surface area contributed by atoms with Gasteiger partial charge in [-0.3, -0.25) is 15.5 Å². The predicted octanol–water partition coefficient (Wildman–Crippen LogP) is -1.89. The zero-order valence-corrected chi connectivity index (χ0v) is 12.9. The van der Waals surface area contributed by atoms with Crippen LogP contribution in [0.5, 0.6) is 0 Å². The van der Waals surface area contributed by atoms with Crippen LogP contribution in [-0.2, 0) is 14.3 Å². The first-order valence-corrected chi connectivity index (χ1v) is 6.95. The Morgan fingerprint density at radius 2 is 2.04 bits per heavy atom. The first-order valence-electron chi connectivity index (χ1n) is 6.95. The first kappa shape index (κ1) is 17.6. The van der Waals surface area contributed by atoms with E-state index >= 15 is 0 Å². The van der Waals surface area contributed by atoms with E-state index < -0.39 is 42.3 Å². The number of methoxy groups -OCH3 is 1. The van der Waals surface area contributed by atoms with Crippen molar-refractivity contribution in [1.82, 2.24) is 10.4 Å². The fraction of sp³-hybridized carbons (Fsp3) is 0.692. The third kappa shape index (κ3) is 3.03. The summed E-state index contributed by atoms with van der Waals surface area (Å²) in [6.07, 6.45) is -3.69. The van der Waals surface area contributed by atoms with Crippen LogP contribution in [0.25, 0.3) is 0 Å². The molecule has 0 aromatic carbocycles. The van der Waals surface area contributed by atoms with E-state index in [1.807, 2.05) is 0 Å². The molecular weight excluding hydrogens is 310 g/mol. The van der Waals surface area contributed by atoms with Crippen molar-refractivity contribution in [2.24, 2.45) is 10.4 Å². The van der Waals surface area contributed by atoms with Crippen molar-refractivity contribution < 1.29 is 34.8 Å². The van der Waals surface area contributed by atoms with E-state index in [9.17, 15) is 20.1 Å². The average molecular weight is 331 g/mol. The molecule has 1 saturated heterocycles. The standard InChI is InChI=1S/C13H21N3O7/c1-13(2,11(19)22-3)9-7(17)8(18)10(23-9)16-5-4-6(15-21)14-12(16)20/h4-5,7-10,12,17-18,20-21H,1-3H3,(H,14,15)/t7-,8+,9-,10+,12?/m0/s1. The molecular formula is C13H21N3O7. The van der Waals surface area contributed by atoms with Crippen LogP contribution in [0.4, 0.5) is 0 Å². The highest BCUT2D eigenvalue weighted by Crippen LogP contribution is 2.37. The van der Waals surface area contributed by atoms with E-state index in [0.717, 1.165) is 4.90 Å². The Bertz CT molecular complexity index is 522. The molecule has 0 spiro atoms. The van der Waals surface area contributed by atoms with E-state index in [1.165, 1.54) is 33.2 Å². The van der Waals surface area contributed by atoms with Crippen molar-refractivity contribution in [2.75, 3.05) is 7.11 Å². The molecule has 2 aliphatic rings. The van der Waals surface area contributed by atoms with Gasteiger partial charge in [0, 0.05) is 6.20 Å². The van der Waals surface area contributed by atoms with Gasteiger partial charge < -0.3 is 29.7 Å². The monoisotopic (exact) mass is 331 g/mol. The number of nitrogens with one attached hydrogen (secondary N) is 1. The molecule has 0 aliphatic carbocycles. The first-order chi connectivity index (χ1) is 10.7. The lowest BCUT2D eigenvalue weighted by Gasteiger charge is -2.34. The highest BCUT2D eigenvalue weighted by molar-refractivity contribution is 5.92. The summed E-state index contributed by atoms with van der Waals surface area (Å²) in [6.45, 7) is 3.05. The van der Waals surface area contributed by atoms with E-state index in [2.05, 4.69) is 4.99 Å². The molecule has 2 heterocycles. The van der Waals surface area contributed by atoms with Crippen LogP contribution in [0.15, 0.2) is 17.3 Å². The maximum absolute atomic E-state index is 11.9. The van der Waals surface area contributed by atoms with E-state index in [-0.39, 0.29) is 5.84 Å². The van der Waals surface area contributed by atoms with Gasteiger partial charge in [0.2, 0.25) is 6.35 Å². The molecule has 10 nitrogen and oxygen atoms in total. The van der Waals surface area contributed by atoms with Gasteiger partial charge in [-0.1, -0.05) is 0 Å². The number of rotatable bonds is 3. The second kappa shape index (κ2) is 6.42. The van der Waals surface area contributed by atoms with Gasteiger partial charge in [-0.25, -0.2) is 4.99 Å². The lowest BCUT2D eigenvalue weighted by Crippen LogP contribution is -2.48. The molecule has 0 bridgehead atoms. The Kier molecular flexibility index (Phi) is 4.92. The summed E-state index contributed by atoms with van der Waals surface area (Å²) in [6, 6.07) is 0. The SMILES string of the molecule is COC(=O)C(C)(C)[C@H]1O[C@@H](N2C=CC(NO)=NC2O)[C@H](O)[C@@H]1O. The number of amidine groups is 1. The summed E-state index contributed by atoms with van der Waals surface area (Å²) in [7, 11) is 1.22. The Morgan fingerprint density at radius 3 is 2.57 bits per heavy atom. The molecule has 0 radical (unpaired) electrons. The summed E-state index contributed by atoms with van der Waals surface area (Å²) < 4.78 is 10.3. The van der Waals surface area contributed by atoms with Gasteiger partial charge in [0.25, 0.3) is 0 Å². The molecule has 1 fully saturated rings. The predicted molar refractivity (Wildman–Crippen MR) is 75.8 cm³/mol. The van der Waals surface area contributed by atoms with E-state index in [1.54, 1.807) is 5.48 Å². The topological polar surface area (TPSA) is 144 Å². The molecule has 0 amide bonds. The van der Waals surface area contributed by atoms with Crippen LogP contribution in [0.2, 0.25) is 0 Å². The number of aliphatic imine (C=N–C) groups is 1. The third-order valence-corrected chi connectivity index (χ3v) is 4.00. The van der Waals surface area contributed by atoms with Crippen LogP contribution in [0, 0.1) is 5.41 Å². The molecule has 130 valence electrons. The molecule has 0 saturated carbocycles. The fourth-order valence-corrected chi connectivity index (χ4v) is 2.63. The quantitative estimate of drug-likeness (QED) is 0.296. The number of esters is 1. The molecule has 10 heteroatoms. The maximum atomic E-state index is 11.9. The van der Waals surface area contributed by atoms with Crippen molar-refractivity contribution in [3.8, 4) is 0 Å². The summed E-state index contributed by atoms with van der Waals surface area (Å²) in [5.41, 5.74) is 0.571. The van der Waals surface area contributed by atoms with E-state index in [4.69, 9.17) is 14.7 Å². The van der Waals surface area contributed by atoms with Gasteiger partial charge in [0.1, 0.15) is 18.3 Å². The van der Waals surface area contributed by atoms with Crippen molar-refractivity contribution in [2.45, 2.75) is 44.7 Å². The highest BCUT2D eigenvalue weighted by Gasteiger charge is 2.55. The number of nitrogens with zero attached hydrogens (tertiary/aromatic N) is 2. The van der Waals surface area contributed by atoms with Crippen LogP contribution < -0.4 is 5.48 Å². The van der Waals surface area contributed by atoms with Gasteiger partial charge >= 0.3 is 5.97 Å². The lowest BCUT2D eigenvalue weighted by molar-refractivity contribution is -0.171. The Balaban J connectivity index is 2.19. The fourth-order valence-electron chi connectivity index (χ4n) is 2.63. The zero-order chi connectivity index (χ0) is 17.4. The lowest BCUT2D eigenvalue weighted by atomic mass is 9.83.